The summed E-state index contributed by atoms with van der Waals surface area (Å²) in [6, 6.07) is -5.71. The Balaban J connectivity index is 2.12. The number of nitrogens with two attached hydrogens (primary N) is 2. The van der Waals surface area contributed by atoms with Crippen LogP contribution in [-0.2, 0) is 57.5 Å². The van der Waals surface area contributed by atoms with Gasteiger partial charge in [0.25, 0.3) is 5.91 Å². The van der Waals surface area contributed by atoms with Crippen molar-refractivity contribution in [1.82, 2.24) is 42.1 Å². The van der Waals surface area contributed by atoms with Gasteiger partial charge < -0.3 is 68.7 Å². The molecule has 2 aliphatic heterocycles. The Labute approximate surface area is 364 Å². The van der Waals surface area contributed by atoms with E-state index < -0.39 is 125 Å². The van der Waals surface area contributed by atoms with E-state index in [-0.39, 0.29) is 62.3 Å². The number of fused-ring (bicyclic) bond motifs is 1. The molecule has 0 aliphatic carbocycles. The number of aliphatic hydroxyl groups excluding tert-OH is 1. The Morgan fingerprint density at radius 3 is 1.98 bits per heavy atom. The van der Waals surface area contributed by atoms with Crippen LogP contribution >= 0.6 is 11.8 Å². The first-order chi connectivity index (χ1) is 29.4. The summed E-state index contributed by atoms with van der Waals surface area (Å²) >= 11 is 0.920. The number of ether oxygens (including phenoxy) is 1. The molecule has 8 amide bonds. The monoisotopic (exact) mass is 913 g/mol. The lowest BCUT2D eigenvalue weighted by atomic mass is 9.94. The molecular weight excluding hydrogens is 859 g/mol. The molecule has 2 aliphatic rings. The zero-order chi connectivity index (χ0) is 47.8. The van der Waals surface area contributed by atoms with E-state index in [1.165, 1.54) is 27.7 Å². The van der Waals surface area contributed by atoms with Crippen molar-refractivity contribution in [2.75, 3.05) is 18.9 Å². The lowest BCUT2D eigenvalue weighted by Crippen LogP contribution is -2.85. The number of esters is 1. The average Bonchev–Trinajstić information content (AvgIpc) is 3.18. The van der Waals surface area contributed by atoms with E-state index in [1.807, 2.05) is 0 Å². The van der Waals surface area contributed by atoms with Gasteiger partial charge in [-0.25, -0.2) is 9.59 Å². The number of aliphatic imine (C=N–C) groups is 1. The number of carboxylic acids is 2. The molecule has 0 aromatic carbocycles. The number of carbonyl (C=O) groups excluding carboxylic acids is 9. The number of carboxylic acid groups (broad SMARTS) is 2. The second kappa shape index (κ2) is 24.2. The maximum Gasteiger partial charge on any atom is 0.352 e. The number of hydrogen-bond donors (Lipinski definition) is 12. The molecule has 0 unspecified atom stereocenters. The molecule has 0 bridgehead atoms. The highest BCUT2D eigenvalue weighted by atomic mass is 32.2. The van der Waals surface area contributed by atoms with E-state index in [0.717, 1.165) is 23.6 Å². The number of aliphatic carboxylic acids is 2. The summed E-state index contributed by atoms with van der Waals surface area (Å²) in [5.74, 6) is -9.47. The molecule has 14 N–H and O–H groups in total. The molecule has 26 nitrogen and oxygen atoms in total. The first-order valence-corrected chi connectivity index (χ1v) is 20.5. The number of carbonyl (C=O) groups is 11. The molecule has 63 heavy (non-hydrogen) atoms. The molecule has 8 atom stereocenters. The highest BCUT2D eigenvalue weighted by molar-refractivity contribution is 8.00. The molecular formula is C36H55N11O15S. The molecule has 0 saturated carbocycles. The number of hydrogen-bond acceptors (Lipinski definition) is 15. The van der Waals surface area contributed by atoms with Crippen molar-refractivity contribution < 1.29 is 72.8 Å². The van der Waals surface area contributed by atoms with E-state index in [2.05, 4.69) is 42.2 Å². The van der Waals surface area contributed by atoms with Gasteiger partial charge in [-0.05, 0) is 46.5 Å². The minimum absolute atomic E-state index is 0.0155. The molecule has 2 heterocycles. The minimum atomic E-state index is -2.08. The van der Waals surface area contributed by atoms with Gasteiger partial charge >= 0.3 is 17.9 Å². The van der Waals surface area contributed by atoms with Gasteiger partial charge in [0.1, 0.15) is 41.8 Å². The van der Waals surface area contributed by atoms with Crippen LogP contribution in [0, 0.1) is 0 Å². The number of aliphatic hydroxyl groups is 1. The SMILES string of the molecule is CC(=O)N[C@@H](CCCC(=O)N[C@@]1(NC=O)C(=O)N2C(C(=O)O)=C(COC(=O)C[C@H](O)[C@@H](CCCN=C(N)N)NC(=O)[C@@H](C)NC(=O)[C@H](C)NC(=O)[C@@H](C)NC(C)=O)CS[C@H]21)C(=O)O. The first-order valence-electron chi connectivity index (χ1n) is 19.5. The Morgan fingerprint density at radius 1 is 0.889 bits per heavy atom. The fourth-order valence-corrected chi connectivity index (χ4v) is 7.67. The third-order valence-electron chi connectivity index (χ3n) is 9.41. The van der Waals surface area contributed by atoms with E-state index in [4.69, 9.17) is 16.2 Å². The maximum absolute atomic E-state index is 13.5. The van der Waals surface area contributed by atoms with Crippen LogP contribution < -0.4 is 48.7 Å². The average molecular weight is 914 g/mol. The van der Waals surface area contributed by atoms with Crippen LogP contribution in [0.5, 0.6) is 0 Å². The highest BCUT2D eigenvalue weighted by Gasteiger charge is 2.66. The minimum Gasteiger partial charge on any atom is -0.480 e. The third-order valence-corrected chi connectivity index (χ3v) is 10.8. The Hall–Kier alpha value is -6.51. The topological polar surface area (TPSA) is 410 Å². The Morgan fingerprint density at radius 2 is 1.46 bits per heavy atom. The van der Waals surface area contributed by atoms with Crippen molar-refractivity contribution in [3.63, 3.8) is 0 Å². The Kier molecular flexibility index (Phi) is 20.2. The van der Waals surface area contributed by atoms with Crippen LogP contribution in [0.25, 0.3) is 0 Å². The molecule has 0 aromatic heterocycles. The number of nitrogens with one attached hydrogen (secondary N) is 7. The number of amides is 8. The summed E-state index contributed by atoms with van der Waals surface area (Å²) in [5, 5.41) is 45.9. The standard InChI is InChI=1S/C36H55N11O15S/c1-16(41-19(4)49)28(54)42-17(2)29(55)43-18(3)30(56)45-22(9-7-11-39-35(37)38)24(51)12-26(53)62-13-21-14-63-34-36(40-15-48,33(61)47(34)27(21)32(59)60)46-25(52)10-6-8-23(31(57)58)44-20(5)50/h15-18,22-24,34,51H,6-14H2,1-5H3,(H,40,48)(H,41,49)(H,42,54)(H,43,55)(H,44,50)(H,45,56)(H,46,52)(H,57,58)(H,59,60)(H4,37,38,39)/t16-,17+,18-,22-,23+,24+,34+,36+/m1/s1. The normalized spacial score (nSPS) is 19.4. The summed E-state index contributed by atoms with van der Waals surface area (Å²) in [6.45, 7) is 5.83. The van der Waals surface area contributed by atoms with Gasteiger partial charge in [0.2, 0.25) is 47.5 Å². The lowest BCUT2D eigenvalue weighted by molar-refractivity contribution is -0.162. The quantitative estimate of drug-likeness (QED) is 0.00735. The van der Waals surface area contributed by atoms with E-state index in [0.29, 0.717) is 0 Å². The van der Waals surface area contributed by atoms with Gasteiger partial charge in [-0.1, -0.05) is 0 Å². The van der Waals surface area contributed by atoms with Crippen LogP contribution in [-0.4, -0.2) is 158 Å². The van der Waals surface area contributed by atoms with Gasteiger partial charge in [0.05, 0.1) is 18.6 Å². The number of rotatable bonds is 26. The van der Waals surface area contributed by atoms with Crippen molar-refractivity contribution in [2.45, 2.75) is 120 Å². The number of thioether (sulfide) groups is 1. The number of nitrogens with zero attached hydrogens (tertiary/aromatic N) is 2. The van der Waals surface area contributed by atoms with Gasteiger partial charge in [-0.2, -0.15) is 0 Å². The molecule has 1 fully saturated rings. The van der Waals surface area contributed by atoms with Gasteiger partial charge in [-0.3, -0.25) is 53.0 Å². The predicted molar refractivity (Wildman–Crippen MR) is 219 cm³/mol. The zero-order valence-electron chi connectivity index (χ0n) is 35.2. The van der Waals surface area contributed by atoms with E-state index in [1.54, 1.807) is 0 Å². The smallest absolute Gasteiger partial charge is 0.352 e. The first kappa shape index (κ1) is 52.6. The second-order valence-corrected chi connectivity index (χ2v) is 15.6. The molecule has 350 valence electrons. The van der Waals surface area contributed by atoms with Crippen LogP contribution in [0.3, 0.4) is 0 Å². The summed E-state index contributed by atoms with van der Waals surface area (Å²) in [4.78, 5) is 140. The summed E-state index contributed by atoms with van der Waals surface area (Å²) in [7, 11) is 0. The molecule has 27 heteroatoms. The maximum atomic E-state index is 13.5. The van der Waals surface area contributed by atoms with Gasteiger partial charge in [0.15, 0.2) is 5.96 Å². The fraction of sp³-hybridized carbons (Fsp3) is 0.611. The zero-order valence-corrected chi connectivity index (χ0v) is 36.0. The second-order valence-electron chi connectivity index (χ2n) is 14.6. The number of guanidine groups is 1. The largest absolute Gasteiger partial charge is 0.480 e. The fourth-order valence-electron chi connectivity index (χ4n) is 6.27. The number of β-lactam (4-membered cyclic amide) rings is 1. The predicted octanol–water partition coefficient (Wildman–Crippen LogP) is -5.08. The van der Waals surface area contributed by atoms with Crippen molar-refractivity contribution >= 4 is 83.4 Å². The van der Waals surface area contributed by atoms with E-state index in [9.17, 15) is 68.1 Å². The van der Waals surface area contributed by atoms with Crippen molar-refractivity contribution in [3.8, 4) is 0 Å². The van der Waals surface area contributed by atoms with Gasteiger partial charge in [-0.15, -0.1) is 11.8 Å². The summed E-state index contributed by atoms with van der Waals surface area (Å²) in [5.41, 5.74) is 8.02. The van der Waals surface area contributed by atoms with Crippen LogP contribution in [0.1, 0.15) is 73.1 Å². The van der Waals surface area contributed by atoms with Gasteiger partial charge in [0, 0.05) is 38.1 Å². The molecule has 0 spiro atoms. The van der Waals surface area contributed by atoms with Crippen molar-refractivity contribution in [2.24, 2.45) is 16.5 Å². The third kappa shape index (κ3) is 15.4. The van der Waals surface area contributed by atoms with Crippen molar-refractivity contribution in [1.29, 1.82) is 0 Å². The van der Waals surface area contributed by atoms with Crippen LogP contribution in [0.15, 0.2) is 16.3 Å². The van der Waals surface area contributed by atoms with Crippen LogP contribution in [0.4, 0.5) is 0 Å². The molecule has 2 rings (SSSR count). The lowest BCUT2D eigenvalue weighted by Gasteiger charge is -2.56. The molecule has 0 aromatic rings. The Bertz CT molecular complexity index is 1860. The summed E-state index contributed by atoms with van der Waals surface area (Å²) < 4.78 is 5.29. The van der Waals surface area contributed by atoms with E-state index >= 15 is 0 Å². The summed E-state index contributed by atoms with van der Waals surface area (Å²) in [6.07, 6.45) is -2.50. The van der Waals surface area contributed by atoms with Crippen molar-refractivity contribution in [3.05, 3.63) is 11.3 Å². The molecule has 1 saturated heterocycles. The highest BCUT2D eigenvalue weighted by Crippen LogP contribution is 2.45. The van der Waals surface area contributed by atoms with Crippen LogP contribution in [0.2, 0.25) is 0 Å². The molecule has 0 radical (unpaired) electrons.